The highest BCUT2D eigenvalue weighted by Gasteiger charge is 2.25. The topological polar surface area (TPSA) is 49.4 Å². The van der Waals surface area contributed by atoms with Crippen molar-refractivity contribution in [3.8, 4) is 0 Å². The van der Waals surface area contributed by atoms with E-state index >= 15 is 0 Å². The maximum Gasteiger partial charge on any atom is 0.243 e. The van der Waals surface area contributed by atoms with Gasteiger partial charge in [0.15, 0.2) is 0 Å². The number of benzene rings is 1. The predicted octanol–water partition coefficient (Wildman–Crippen LogP) is 3.26. The molecular weight excluding hydrogens is 308 g/mol. The highest BCUT2D eigenvalue weighted by atomic mass is 35.5. The molecule has 0 saturated heterocycles. The summed E-state index contributed by atoms with van der Waals surface area (Å²) >= 11 is 6.22. The molecule has 120 valence electrons. The van der Waals surface area contributed by atoms with Gasteiger partial charge in [-0.05, 0) is 31.5 Å². The first kappa shape index (κ1) is 18.4. The van der Waals surface area contributed by atoms with Crippen LogP contribution in [0.15, 0.2) is 23.1 Å². The third-order valence-electron chi connectivity index (χ3n) is 3.22. The minimum Gasteiger partial charge on any atom is -0.310 e. The van der Waals surface area contributed by atoms with Crippen molar-refractivity contribution >= 4 is 21.6 Å². The lowest BCUT2D eigenvalue weighted by atomic mass is 10.2. The minimum absolute atomic E-state index is 0.0824. The monoisotopic (exact) mass is 332 g/mol. The van der Waals surface area contributed by atoms with E-state index in [0.717, 1.165) is 5.56 Å². The Labute approximate surface area is 133 Å². The van der Waals surface area contributed by atoms with Crippen molar-refractivity contribution in [2.75, 3.05) is 6.54 Å². The largest absolute Gasteiger partial charge is 0.310 e. The van der Waals surface area contributed by atoms with Crippen LogP contribution in [0.25, 0.3) is 0 Å². The maximum absolute atomic E-state index is 12.6. The van der Waals surface area contributed by atoms with Gasteiger partial charge in [0.05, 0.1) is 4.90 Å². The van der Waals surface area contributed by atoms with Crippen LogP contribution in [0.2, 0.25) is 5.02 Å². The zero-order valence-corrected chi connectivity index (χ0v) is 14.9. The molecule has 0 bridgehead atoms. The molecule has 0 spiro atoms. The fourth-order valence-corrected chi connectivity index (χ4v) is 4.08. The van der Waals surface area contributed by atoms with Crippen molar-refractivity contribution in [3.63, 3.8) is 0 Å². The molecule has 0 unspecified atom stereocenters. The quantitative estimate of drug-likeness (QED) is 0.833. The van der Waals surface area contributed by atoms with Crippen LogP contribution in [0.4, 0.5) is 0 Å². The Morgan fingerprint density at radius 2 is 1.86 bits per heavy atom. The number of hydrogen-bond donors (Lipinski definition) is 1. The molecule has 0 radical (unpaired) electrons. The van der Waals surface area contributed by atoms with E-state index in [2.05, 4.69) is 19.2 Å². The van der Waals surface area contributed by atoms with Crippen molar-refractivity contribution in [2.24, 2.45) is 0 Å². The van der Waals surface area contributed by atoms with E-state index in [9.17, 15) is 8.42 Å². The molecule has 0 amide bonds. The Balaban J connectivity index is 3.07. The van der Waals surface area contributed by atoms with Gasteiger partial charge in [0.25, 0.3) is 0 Å². The number of nitrogens with one attached hydrogen (secondary N) is 1. The lowest BCUT2D eigenvalue weighted by Gasteiger charge is -2.24. The summed E-state index contributed by atoms with van der Waals surface area (Å²) in [6.45, 7) is 10.7. The van der Waals surface area contributed by atoms with Gasteiger partial charge >= 0.3 is 0 Å². The number of rotatable bonds is 7. The average Bonchev–Trinajstić information content (AvgIpc) is 2.36. The second-order valence-electron chi connectivity index (χ2n) is 5.59. The van der Waals surface area contributed by atoms with Crippen LogP contribution in [-0.2, 0) is 16.6 Å². The fourth-order valence-electron chi connectivity index (χ4n) is 2.09. The van der Waals surface area contributed by atoms with Gasteiger partial charge in [-0.25, -0.2) is 8.42 Å². The molecule has 0 aliphatic carbocycles. The van der Waals surface area contributed by atoms with Gasteiger partial charge < -0.3 is 5.32 Å². The van der Waals surface area contributed by atoms with Gasteiger partial charge in [-0.2, -0.15) is 4.31 Å². The number of hydrogen-bond acceptors (Lipinski definition) is 3. The summed E-state index contributed by atoms with van der Waals surface area (Å²) in [5.41, 5.74) is 0.900. The normalized spacial score (nSPS) is 12.6. The molecule has 0 heterocycles. The molecule has 6 heteroatoms. The van der Waals surface area contributed by atoms with E-state index in [0.29, 0.717) is 24.2 Å². The highest BCUT2D eigenvalue weighted by Crippen LogP contribution is 2.24. The highest BCUT2D eigenvalue weighted by molar-refractivity contribution is 7.89. The van der Waals surface area contributed by atoms with Gasteiger partial charge in [0.1, 0.15) is 0 Å². The average molecular weight is 333 g/mol. The van der Waals surface area contributed by atoms with Crippen molar-refractivity contribution in [2.45, 2.75) is 58.1 Å². The molecule has 4 nitrogen and oxygen atoms in total. The zero-order chi connectivity index (χ0) is 16.2. The van der Waals surface area contributed by atoms with Crippen molar-refractivity contribution < 1.29 is 8.42 Å². The third-order valence-corrected chi connectivity index (χ3v) is 5.72. The summed E-state index contributed by atoms with van der Waals surface area (Å²) in [4.78, 5) is 0.247. The lowest BCUT2D eigenvalue weighted by molar-refractivity contribution is 0.369. The molecule has 0 aromatic heterocycles. The Hall–Kier alpha value is -0.620. The molecule has 1 N–H and O–H groups in total. The molecule has 1 rings (SSSR count). The number of sulfonamides is 1. The van der Waals surface area contributed by atoms with Crippen LogP contribution >= 0.6 is 11.6 Å². The molecule has 1 aromatic carbocycles. The van der Waals surface area contributed by atoms with E-state index < -0.39 is 10.0 Å². The Morgan fingerprint density at radius 1 is 1.24 bits per heavy atom. The molecule has 1 aromatic rings. The first-order valence-electron chi connectivity index (χ1n) is 7.23. The second-order valence-corrected chi connectivity index (χ2v) is 7.89. The summed E-state index contributed by atoms with van der Waals surface area (Å²) in [5, 5.41) is 3.74. The van der Waals surface area contributed by atoms with E-state index in [4.69, 9.17) is 11.6 Å². The summed E-state index contributed by atoms with van der Waals surface area (Å²) in [7, 11) is -3.49. The zero-order valence-electron chi connectivity index (χ0n) is 13.4. The second kappa shape index (κ2) is 7.58. The number of nitrogens with zero attached hydrogens (tertiary/aromatic N) is 1. The van der Waals surface area contributed by atoms with E-state index in [1.165, 1.54) is 4.31 Å². The van der Waals surface area contributed by atoms with E-state index in [1.807, 2.05) is 20.8 Å². The molecular formula is C15H25ClN2O2S. The minimum atomic E-state index is -3.49. The first-order chi connectivity index (χ1) is 9.70. The molecule has 0 atom stereocenters. The molecule has 0 aliphatic rings. The molecule has 21 heavy (non-hydrogen) atoms. The van der Waals surface area contributed by atoms with E-state index in [-0.39, 0.29) is 10.9 Å². The fraction of sp³-hybridized carbons (Fsp3) is 0.600. The Kier molecular flexibility index (Phi) is 6.66. The maximum atomic E-state index is 12.6. The molecule has 0 saturated carbocycles. The van der Waals surface area contributed by atoms with Crippen molar-refractivity contribution in [3.05, 3.63) is 28.8 Å². The first-order valence-corrected chi connectivity index (χ1v) is 9.05. The summed E-state index contributed by atoms with van der Waals surface area (Å²) in [6.07, 6.45) is 0. The van der Waals surface area contributed by atoms with Crippen LogP contribution in [0.5, 0.6) is 0 Å². The van der Waals surface area contributed by atoms with Crippen LogP contribution in [0.3, 0.4) is 0 Å². The van der Waals surface area contributed by atoms with Gasteiger partial charge in [-0.15, -0.1) is 0 Å². The summed E-state index contributed by atoms with van der Waals surface area (Å²) < 4.78 is 26.6. The third kappa shape index (κ3) is 4.68. The van der Waals surface area contributed by atoms with Crippen LogP contribution in [0.1, 0.15) is 40.2 Å². The SMILES string of the molecule is CCN(C(C)C)S(=O)(=O)c1ccc(CNC(C)C)c(Cl)c1. The van der Waals surface area contributed by atoms with Gasteiger partial charge in [-0.3, -0.25) is 0 Å². The predicted molar refractivity (Wildman–Crippen MR) is 88.1 cm³/mol. The van der Waals surface area contributed by atoms with Gasteiger partial charge in [0, 0.05) is 30.2 Å². The standard InChI is InChI=1S/C15H25ClN2O2S/c1-6-18(12(4)5)21(19,20)14-8-7-13(15(16)9-14)10-17-11(2)3/h7-9,11-12,17H,6,10H2,1-5H3. The van der Waals surface area contributed by atoms with Gasteiger partial charge in [0.2, 0.25) is 10.0 Å². The van der Waals surface area contributed by atoms with E-state index in [1.54, 1.807) is 18.2 Å². The van der Waals surface area contributed by atoms with Crippen molar-refractivity contribution in [1.82, 2.24) is 9.62 Å². The van der Waals surface area contributed by atoms with Crippen LogP contribution in [-0.4, -0.2) is 31.4 Å². The summed E-state index contributed by atoms with van der Waals surface area (Å²) in [5.74, 6) is 0. The molecule has 0 aliphatic heterocycles. The Morgan fingerprint density at radius 3 is 2.29 bits per heavy atom. The van der Waals surface area contributed by atoms with Crippen LogP contribution in [0, 0.1) is 0 Å². The smallest absolute Gasteiger partial charge is 0.243 e. The van der Waals surface area contributed by atoms with Gasteiger partial charge in [-0.1, -0.05) is 38.4 Å². The summed E-state index contributed by atoms with van der Waals surface area (Å²) in [6, 6.07) is 5.21. The number of halogens is 1. The Bertz CT molecular complexity index is 571. The van der Waals surface area contributed by atoms with Crippen LogP contribution < -0.4 is 5.32 Å². The lowest BCUT2D eigenvalue weighted by Crippen LogP contribution is -2.36. The van der Waals surface area contributed by atoms with Crippen molar-refractivity contribution in [1.29, 1.82) is 0 Å². The molecule has 0 fully saturated rings.